The summed E-state index contributed by atoms with van der Waals surface area (Å²) in [5.74, 6) is -3.04. The van der Waals surface area contributed by atoms with Crippen LogP contribution < -0.4 is 5.32 Å². The summed E-state index contributed by atoms with van der Waals surface area (Å²) in [6, 6.07) is 9.46. The molecule has 0 saturated carbocycles. The molecule has 0 aliphatic heterocycles. The van der Waals surface area contributed by atoms with Gasteiger partial charge in [0.2, 0.25) is 5.91 Å². The zero-order valence-corrected chi connectivity index (χ0v) is 16.3. The number of nitrogens with one attached hydrogen (secondary N) is 1. The van der Waals surface area contributed by atoms with Gasteiger partial charge in [0.1, 0.15) is 6.61 Å². The molecule has 9 nitrogen and oxygen atoms in total. The van der Waals surface area contributed by atoms with Crippen LogP contribution in [0, 0.1) is 0 Å². The molecular formula is C20H28N2O7. The second-order valence-corrected chi connectivity index (χ2v) is 6.59. The summed E-state index contributed by atoms with van der Waals surface area (Å²) in [6.07, 6.45) is 3.40. The Balaban J connectivity index is 2.06. The Bertz CT molecular complexity index is 648. The van der Waals surface area contributed by atoms with E-state index in [0.717, 1.165) is 23.3 Å². The van der Waals surface area contributed by atoms with E-state index in [0.29, 0.717) is 25.8 Å². The van der Waals surface area contributed by atoms with Crippen LogP contribution in [0.2, 0.25) is 0 Å². The highest BCUT2D eigenvalue weighted by Gasteiger charge is 2.16. The van der Waals surface area contributed by atoms with Crippen LogP contribution in [0.1, 0.15) is 37.7 Å². The van der Waals surface area contributed by atoms with Crippen LogP contribution in [-0.4, -0.2) is 65.1 Å². The number of carboxylic acids is 2. The average molecular weight is 408 g/mol. The number of carbonyl (C=O) groups is 4. The van der Waals surface area contributed by atoms with Crippen molar-refractivity contribution in [2.75, 3.05) is 26.2 Å². The first kappa shape index (κ1) is 24.1. The third-order valence-corrected chi connectivity index (χ3v) is 3.96. The number of unbranched alkanes of at least 4 members (excludes halogenated alkanes) is 3. The highest BCUT2D eigenvalue weighted by molar-refractivity contribution is 5.80. The van der Waals surface area contributed by atoms with Crippen LogP contribution in [0.4, 0.5) is 0 Å². The van der Waals surface area contributed by atoms with Crippen molar-refractivity contribution in [2.24, 2.45) is 0 Å². The van der Waals surface area contributed by atoms with Crippen LogP contribution in [0.15, 0.2) is 30.3 Å². The van der Waals surface area contributed by atoms with E-state index in [1.165, 1.54) is 0 Å². The summed E-state index contributed by atoms with van der Waals surface area (Å²) in [4.78, 5) is 45.9. The monoisotopic (exact) mass is 408 g/mol. The number of hydrogen-bond acceptors (Lipinski definition) is 6. The van der Waals surface area contributed by atoms with Crippen molar-refractivity contribution in [3.63, 3.8) is 0 Å². The van der Waals surface area contributed by atoms with Gasteiger partial charge in [-0.2, -0.15) is 0 Å². The molecule has 29 heavy (non-hydrogen) atoms. The molecule has 0 heterocycles. The molecule has 0 unspecified atom stereocenters. The number of nitrogens with zero attached hydrogens (tertiary/aromatic N) is 1. The van der Waals surface area contributed by atoms with Gasteiger partial charge in [-0.3, -0.25) is 24.1 Å². The lowest BCUT2D eigenvalue weighted by molar-refractivity contribution is -0.145. The van der Waals surface area contributed by atoms with Gasteiger partial charge >= 0.3 is 17.9 Å². The topological polar surface area (TPSA) is 133 Å². The highest BCUT2D eigenvalue weighted by atomic mass is 16.5. The second-order valence-electron chi connectivity index (χ2n) is 6.59. The predicted octanol–water partition coefficient (Wildman–Crippen LogP) is 1.27. The van der Waals surface area contributed by atoms with Crippen molar-refractivity contribution >= 4 is 23.8 Å². The minimum absolute atomic E-state index is 0.237. The number of amides is 1. The predicted molar refractivity (Wildman–Crippen MR) is 104 cm³/mol. The van der Waals surface area contributed by atoms with Crippen LogP contribution in [0.25, 0.3) is 0 Å². The van der Waals surface area contributed by atoms with Crippen molar-refractivity contribution in [3.05, 3.63) is 35.9 Å². The SMILES string of the molecule is O=C(O)CN(CC(=O)O)CC(=O)NCCCCCCC(=O)OCc1ccccc1. The number of carbonyl (C=O) groups excluding carboxylic acids is 2. The van der Waals surface area contributed by atoms with Crippen molar-refractivity contribution in [1.82, 2.24) is 10.2 Å². The fraction of sp³-hybridized carbons (Fsp3) is 0.500. The molecule has 0 fully saturated rings. The minimum atomic E-state index is -1.19. The third kappa shape index (κ3) is 13.0. The Kier molecular flexibility index (Phi) is 11.7. The van der Waals surface area contributed by atoms with Crippen LogP contribution in [0.5, 0.6) is 0 Å². The molecule has 0 saturated heterocycles. The Morgan fingerprint density at radius 1 is 0.862 bits per heavy atom. The fourth-order valence-electron chi connectivity index (χ4n) is 2.60. The largest absolute Gasteiger partial charge is 0.480 e. The van der Waals surface area contributed by atoms with E-state index in [1.807, 2.05) is 30.3 Å². The zero-order valence-electron chi connectivity index (χ0n) is 16.3. The van der Waals surface area contributed by atoms with E-state index in [9.17, 15) is 19.2 Å². The Morgan fingerprint density at radius 3 is 2.10 bits per heavy atom. The molecule has 3 N–H and O–H groups in total. The molecular weight excluding hydrogens is 380 g/mol. The zero-order chi connectivity index (χ0) is 21.5. The van der Waals surface area contributed by atoms with Crippen molar-refractivity contribution < 1.29 is 34.1 Å². The van der Waals surface area contributed by atoms with Crippen molar-refractivity contribution in [2.45, 2.75) is 38.7 Å². The molecule has 0 atom stereocenters. The van der Waals surface area contributed by atoms with Gasteiger partial charge in [0.05, 0.1) is 19.6 Å². The molecule has 9 heteroatoms. The second kappa shape index (κ2) is 14.1. The van der Waals surface area contributed by atoms with E-state index in [2.05, 4.69) is 5.32 Å². The summed E-state index contributed by atoms with van der Waals surface area (Å²) < 4.78 is 5.19. The van der Waals surface area contributed by atoms with Crippen LogP contribution in [0.3, 0.4) is 0 Å². The minimum Gasteiger partial charge on any atom is -0.480 e. The fourth-order valence-corrected chi connectivity index (χ4v) is 2.60. The number of benzene rings is 1. The van der Waals surface area contributed by atoms with Crippen molar-refractivity contribution in [3.8, 4) is 0 Å². The van der Waals surface area contributed by atoms with Crippen molar-refractivity contribution in [1.29, 1.82) is 0 Å². The van der Waals surface area contributed by atoms with Crippen LogP contribution >= 0.6 is 0 Å². The summed E-state index contributed by atoms with van der Waals surface area (Å²) in [7, 11) is 0. The van der Waals surface area contributed by atoms with Gasteiger partial charge in [-0.25, -0.2) is 0 Å². The van der Waals surface area contributed by atoms with Gasteiger partial charge in [-0.05, 0) is 18.4 Å². The Labute approximate surface area is 169 Å². The van der Waals surface area contributed by atoms with Gasteiger partial charge in [0, 0.05) is 13.0 Å². The summed E-state index contributed by atoms with van der Waals surface area (Å²) in [6.45, 7) is -0.635. The van der Waals surface area contributed by atoms with E-state index in [4.69, 9.17) is 14.9 Å². The van der Waals surface area contributed by atoms with Gasteiger partial charge in [-0.15, -0.1) is 0 Å². The molecule has 1 rings (SSSR count). The average Bonchev–Trinajstić information content (AvgIpc) is 2.65. The summed E-state index contributed by atoms with van der Waals surface area (Å²) in [5.41, 5.74) is 0.946. The number of esters is 1. The van der Waals surface area contributed by atoms with E-state index in [-0.39, 0.29) is 19.1 Å². The van der Waals surface area contributed by atoms with E-state index < -0.39 is 30.9 Å². The van der Waals surface area contributed by atoms with Gasteiger partial charge < -0.3 is 20.3 Å². The molecule has 1 amide bonds. The first-order valence-corrected chi connectivity index (χ1v) is 9.49. The molecule has 0 radical (unpaired) electrons. The molecule has 1 aromatic rings. The molecule has 0 aromatic heterocycles. The van der Waals surface area contributed by atoms with Gasteiger partial charge in [0.15, 0.2) is 0 Å². The maximum Gasteiger partial charge on any atom is 0.317 e. The summed E-state index contributed by atoms with van der Waals surface area (Å²) >= 11 is 0. The molecule has 160 valence electrons. The number of rotatable bonds is 15. The molecule has 0 bridgehead atoms. The first-order valence-electron chi connectivity index (χ1n) is 9.49. The molecule has 0 aliphatic carbocycles. The number of aliphatic carboxylic acids is 2. The number of hydrogen-bond donors (Lipinski definition) is 3. The molecule has 0 spiro atoms. The molecule has 0 aliphatic rings. The maximum atomic E-state index is 11.8. The molecule has 1 aromatic carbocycles. The normalized spacial score (nSPS) is 10.5. The number of carboxylic acid groups (broad SMARTS) is 2. The maximum absolute atomic E-state index is 11.8. The Morgan fingerprint density at radius 2 is 1.48 bits per heavy atom. The Hall–Kier alpha value is -2.94. The smallest absolute Gasteiger partial charge is 0.317 e. The number of ether oxygens (including phenoxy) is 1. The quantitative estimate of drug-likeness (QED) is 0.292. The lowest BCUT2D eigenvalue weighted by atomic mass is 10.1. The van der Waals surface area contributed by atoms with Crippen LogP contribution in [-0.2, 0) is 30.5 Å². The lowest BCUT2D eigenvalue weighted by Crippen LogP contribution is -2.42. The summed E-state index contributed by atoms with van der Waals surface area (Å²) in [5, 5.41) is 20.1. The standard InChI is InChI=1S/C20H28N2O7/c23-17(12-22(13-18(24)25)14-19(26)27)21-11-7-2-1-6-10-20(28)29-15-16-8-4-3-5-9-16/h3-5,8-9H,1-2,6-7,10-15H2,(H,21,23)(H,24,25)(H,26,27). The van der Waals surface area contributed by atoms with E-state index in [1.54, 1.807) is 0 Å². The van der Waals surface area contributed by atoms with Gasteiger partial charge in [0.25, 0.3) is 0 Å². The third-order valence-electron chi connectivity index (χ3n) is 3.96. The lowest BCUT2D eigenvalue weighted by Gasteiger charge is -2.17. The highest BCUT2D eigenvalue weighted by Crippen LogP contribution is 2.06. The van der Waals surface area contributed by atoms with Gasteiger partial charge in [-0.1, -0.05) is 43.2 Å². The van der Waals surface area contributed by atoms with E-state index >= 15 is 0 Å². The first-order chi connectivity index (χ1) is 13.9.